The Morgan fingerprint density at radius 2 is 2.29 bits per heavy atom. The highest BCUT2D eigenvalue weighted by Gasteiger charge is 2.15. The zero-order valence-corrected chi connectivity index (χ0v) is 9.90. The first-order valence-electron chi connectivity index (χ1n) is 4.71. The van der Waals surface area contributed by atoms with Gasteiger partial charge in [-0.25, -0.2) is 0 Å². The molecule has 0 aliphatic rings. The number of hydrogen-bond acceptors (Lipinski definition) is 5. The molecule has 92 valence electrons. The highest BCUT2D eigenvalue weighted by Crippen LogP contribution is 2.32. The summed E-state index contributed by atoms with van der Waals surface area (Å²) in [6, 6.07) is 4.49. The lowest BCUT2D eigenvalue weighted by Crippen LogP contribution is -1.97. The summed E-state index contributed by atoms with van der Waals surface area (Å²) in [7, 11) is 1.43. The van der Waals surface area contributed by atoms with E-state index in [0.717, 1.165) is 11.8 Å². The van der Waals surface area contributed by atoms with Crippen molar-refractivity contribution in [3.63, 3.8) is 0 Å². The van der Waals surface area contributed by atoms with Crippen LogP contribution in [0.3, 0.4) is 0 Å². The van der Waals surface area contributed by atoms with Gasteiger partial charge in [-0.3, -0.25) is 14.9 Å². The second-order valence-corrected chi connectivity index (χ2v) is 4.22. The SMILES string of the molecule is COc1ccc(SCCC(=O)O)c([N+](=O)[O-])c1. The number of thioether (sulfide) groups is 1. The number of rotatable bonds is 6. The molecule has 1 rings (SSSR count). The standard InChI is InChI=1S/C10H11NO5S/c1-16-7-2-3-9(8(6-7)11(14)15)17-5-4-10(12)13/h2-3,6H,4-5H2,1H3,(H,12,13). The molecule has 0 aliphatic carbocycles. The van der Waals surface area contributed by atoms with Crippen LogP contribution in [-0.4, -0.2) is 28.9 Å². The van der Waals surface area contributed by atoms with Gasteiger partial charge in [-0.15, -0.1) is 11.8 Å². The molecule has 0 radical (unpaired) electrons. The fourth-order valence-corrected chi connectivity index (χ4v) is 2.08. The van der Waals surface area contributed by atoms with Crippen molar-refractivity contribution >= 4 is 23.4 Å². The van der Waals surface area contributed by atoms with E-state index in [2.05, 4.69) is 0 Å². The molecule has 0 aromatic heterocycles. The van der Waals surface area contributed by atoms with Crippen molar-refractivity contribution in [3.05, 3.63) is 28.3 Å². The Balaban J connectivity index is 2.83. The Labute approximate surface area is 102 Å². The van der Waals surface area contributed by atoms with Crippen LogP contribution in [0.2, 0.25) is 0 Å². The summed E-state index contributed by atoms with van der Waals surface area (Å²) in [5.74, 6) is -0.226. The highest BCUT2D eigenvalue weighted by atomic mass is 32.2. The van der Waals surface area contributed by atoms with E-state index in [1.807, 2.05) is 0 Å². The van der Waals surface area contributed by atoms with Crippen LogP contribution in [0.15, 0.2) is 23.1 Å². The number of aliphatic carboxylic acids is 1. The molecule has 0 aliphatic heterocycles. The summed E-state index contributed by atoms with van der Waals surface area (Å²) in [5, 5.41) is 19.3. The van der Waals surface area contributed by atoms with Gasteiger partial charge in [0.2, 0.25) is 0 Å². The first-order chi connectivity index (χ1) is 8.04. The van der Waals surface area contributed by atoms with E-state index in [-0.39, 0.29) is 12.1 Å². The first kappa shape index (κ1) is 13.3. The Hall–Kier alpha value is -1.76. The van der Waals surface area contributed by atoms with Gasteiger partial charge in [0.15, 0.2) is 0 Å². The molecule has 0 heterocycles. The molecule has 1 N–H and O–H groups in total. The molecular formula is C10H11NO5S. The lowest BCUT2D eigenvalue weighted by molar-refractivity contribution is -0.387. The van der Waals surface area contributed by atoms with Gasteiger partial charge >= 0.3 is 5.97 Å². The van der Waals surface area contributed by atoms with Gasteiger partial charge in [0.1, 0.15) is 5.75 Å². The largest absolute Gasteiger partial charge is 0.497 e. The fraction of sp³-hybridized carbons (Fsp3) is 0.300. The second-order valence-electron chi connectivity index (χ2n) is 3.08. The summed E-state index contributed by atoms with van der Waals surface area (Å²) in [5.41, 5.74) is -0.0697. The minimum absolute atomic E-state index is 0.0339. The van der Waals surface area contributed by atoms with Gasteiger partial charge in [0, 0.05) is 5.75 Å². The number of carboxylic acid groups (broad SMARTS) is 1. The van der Waals surface area contributed by atoms with Gasteiger partial charge < -0.3 is 9.84 Å². The Kier molecular flexibility index (Phi) is 4.77. The van der Waals surface area contributed by atoms with Gasteiger partial charge in [-0.2, -0.15) is 0 Å². The third-order valence-electron chi connectivity index (χ3n) is 1.94. The third kappa shape index (κ3) is 3.95. The highest BCUT2D eigenvalue weighted by molar-refractivity contribution is 7.99. The van der Waals surface area contributed by atoms with Crippen molar-refractivity contribution in [2.24, 2.45) is 0 Å². The number of nitro groups is 1. The molecular weight excluding hydrogens is 246 g/mol. The average Bonchev–Trinajstić information content (AvgIpc) is 2.28. The minimum Gasteiger partial charge on any atom is -0.497 e. The molecule has 1 aromatic carbocycles. The maximum Gasteiger partial charge on any atom is 0.304 e. The number of nitrogens with zero attached hydrogens (tertiary/aromatic N) is 1. The van der Waals surface area contributed by atoms with Crippen LogP contribution in [-0.2, 0) is 4.79 Å². The zero-order chi connectivity index (χ0) is 12.8. The molecule has 0 atom stereocenters. The molecule has 0 saturated heterocycles. The van der Waals surface area contributed by atoms with E-state index >= 15 is 0 Å². The van der Waals surface area contributed by atoms with E-state index in [0.29, 0.717) is 16.4 Å². The fourth-order valence-electron chi connectivity index (χ4n) is 1.14. The first-order valence-corrected chi connectivity index (χ1v) is 5.70. The predicted molar refractivity (Wildman–Crippen MR) is 62.6 cm³/mol. The summed E-state index contributed by atoms with van der Waals surface area (Å²) >= 11 is 1.14. The number of nitro benzene ring substituents is 1. The average molecular weight is 257 g/mol. The van der Waals surface area contributed by atoms with Crippen LogP contribution in [0, 0.1) is 10.1 Å². The monoisotopic (exact) mass is 257 g/mol. The molecule has 0 spiro atoms. The van der Waals surface area contributed by atoms with Crippen molar-refractivity contribution in [2.75, 3.05) is 12.9 Å². The molecule has 0 saturated carbocycles. The molecule has 1 aromatic rings. The van der Waals surface area contributed by atoms with Crippen LogP contribution in [0.25, 0.3) is 0 Å². The number of ether oxygens (including phenoxy) is 1. The van der Waals surface area contributed by atoms with Crippen molar-refractivity contribution in [1.82, 2.24) is 0 Å². The van der Waals surface area contributed by atoms with E-state index in [1.54, 1.807) is 12.1 Å². The van der Waals surface area contributed by atoms with Gasteiger partial charge in [-0.1, -0.05) is 0 Å². The molecule has 0 fully saturated rings. The summed E-state index contributed by atoms with van der Waals surface area (Å²) in [6.45, 7) is 0. The quantitative estimate of drug-likeness (QED) is 0.477. The van der Waals surface area contributed by atoms with Crippen LogP contribution in [0.4, 0.5) is 5.69 Å². The summed E-state index contributed by atoms with van der Waals surface area (Å²) in [6.07, 6.45) is -0.0339. The van der Waals surface area contributed by atoms with Crippen molar-refractivity contribution < 1.29 is 19.6 Å². The number of benzene rings is 1. The molecule has 6 nitrogen and oxygen atoms in total. The number of carboxylic acids is 1. The molecule has 17 heavy (non-hydrogen) atoms. The van der Waals surface area contributed by atoms with Crippen LogP contribution >= 0.6 is 11.8 Å². The third-order valence-corrected chi connectivity index (χ3v) is 3.00. The van der Waals surface area contributed by atoms with E-state index < -0.39 is 10.9 Å². The number of methoxy groups -OCH3 is 1. The Morgan fingerprint density at radius 1 is 1.59 bits per heavy atom. The zero-order valence-electron chi connectivity index (χ0n) is 9.08. The maximum atomic E-state index is 10.8. The minimum atomic E-state index is -0.923. The molecule has 0 bridgehead atoms. The summed E-state index contributed by atoms with van der Waals surface area (Å²) < 4.78 is 4.89. The smallest absolute Gasteiger partial charge is 0.304 e. The Morgan fingerprint density at radius 3 is 2.82 bits per heavy atom. The topological polar surface area (TPSA) is 89.7 Å². The van der Waals surface area contributed by atoms with E-state index in [9.17, 15) is 14.9 Å². The van der Waals surface area contributed by atoms with Crippen LogP contribution in [0.1, 0.15) is 6.42 Å². The van der Waals surface area contributed by atoms with Gasteiger partial charge in [-0.05, 0) is 12.1 Å². The van der Waals surface area contributed by atoms with Crippen LogP contribution < -0.4 is 4.74 Å². The number of hydrogen-bond donors (Lipinski definition) is 1. The van der Waals surface area contributed by atoms with E-state index in [4.69, 9.17) is 9.84 Å². The lowest BCUT2D eigenvalue weighted by Gasteiger charge is -2.04. The molecule has 0 unspecified atom stereocenters. The second kappa shape index (κ2) is 6.09. The van der Waals surface area contributed by atoms with Gasteiger partial charge in [0.05, 0.1) is 29.4 Å². The van der Waals surface area contributed by atoms with Crippen molar-refractivity contribution in [1.29, 1.82) is 0 Å². The van der Waals surface area contributed by atoms with E-state index in [1.165, 1.54) is 13.2 Å². The van der Waals surface area contributed by atoms with Crippen molar-refractivity contribution in [3.8, 4) is 5.75 Å². The van der Waals surface area contributed by atoms with Gasteiger partial charge in [0.25, 0.3) is 5.69 Å². The summed E-state index contributed by atoms with van der Waals surface area (Å²) in [4.78, 5) is 21.1. The molecule has 7 heteroatoms. The predicted octanol–water partition coefficient (Wildman–Crippen LogP) is 2.17. The Bertz CT molecular complexity index is 435. The normalized spacial score (nSPS) is 9.94. The van der Waals surface area contributed by atoms with Crippen molar-refractivity contribution in [2.45, 2.75) is 11.3 Å². The molecule has 0 amide bonds. The maximum absolute atomic E-state index is 10.8. The lowest BCUT2D eigenvalue weighted by atomic mass is 10.3. The number of carbonyl (C=O) groups is 1. The van der Waals surface area contributed by atoms with Crippen LogP contribution in [0.5, 0.6) is 5.75 Å².